The number of methoxy groups -OCH3 is 1. The summed E-state index contributed by atoms with van der Waals surface area (Å²) in [4.78, 5) is 21.9. The van der Waals surface area contributed by atoms with Crippen LogP contribution >= 0.6 is 0 Å². The fourth-order valence-electron chi connectivity index (χ4n) is 1.57. The molecular weight excluding hydrogens is 323 g/mol. The molecule has 0 aliphatic carbocycles. The van der Waals surface area contributed by atoms with Crippen LogP contribution in [0.2, 0.25) is 0 Å². The molecule has 2 rings (SSSR count). The van der Waals surface area contributed by atoms with E-state index in [4.69, 9.17) is 14.9 Å². The first-order valence-electron chi connectivity index (χ1n) is 6.82. The average Bonchev–Trinajstić information content (AvgIpc) is 2.56. The van der Waals surface area contributed by atoms with Gasteiger partial charge in [-0.25, -0.2) is 9.59 Å². The molecule has 0 aliphatic heterocycles. The Bertz CT molecular complexity index is 660. The van der Waals surface area contributed by atoms with Crippen LogP contribution in [-0.4, -0.2) is 35.9 Å². The van der Waals surface area contributed by atoms with E-state index in [1.54, 1.807) is 19.1 Å². The van der Waals surface area contributed by atoms with Crippen LogP contribution in [0.15, 0.2) is 48.5 Å². The Morgan fingerprint density at radius 1 is 1.00 bits per heavy atom. The van der Waals surface area contributed by atoms with E-state index in [9.17, 15) is 9.59 Å². The van der Waals surface area contributed by atoms with Gasteiger partial charge in [0, 0.05) is 0 Å². The first-order valence-corrected chi connectivity index (χ1v) is 6.82. The van der Waals surface area contributed by atoms with E-state index in [1.807, 2.05) is 0 Å². The molecule has 124 valence electrons. The number of ether oxygens (including phenoxy) is 2. The van der Waals surface area contributed by atoms with Crippen LogP contribution in [0.4, 0.5) is 0 Å². The minimum Gasteiger partial charge on any atom is -1.00 e. The van der Waals surface area contributed by atoms with Crippen LogP contribution in [0.25, 0.3) is 0 Å². The zero-order chi connectivity index (χ0) is 17.2. The van der Waals surface area contributed by atoms with E-state index in [-0.39, 0.29) is 54.0 Å². The third kappa shape index (κ3) is 7.04. The second-order valence-electron chi connectivity index (χ2n) is 4.28. The second-order valence-corrected chi connectivity index (χ2v) is 4.28. The van der Waals surface area contributed by atoms with Crippen molar-refractivity contribution >= 4 is 11.9 Å². The minimum atomic E-state index is -0.525. The van der Waals surface area contributed by atoms with Crippen LogP contribution < -0.4 is 29.6 Å². The van der Waals surface area contributed by atoms with E-state index in [0.29, 0.717) is 12.2 Å². The number of hydrogen-bond acceptors (Lipinski definition) is 6. The van der Waals surface area contributed by atoms with E-state index in [0.717, 1.165) is 0 Å². The van der Waals surface area contributed by atoms with Crippen LogP contribution in [-0.2, 0) is 9.47 Å². The molecule has 0 heterocycles. The molecule has 0 saturated heterocycles. The summed E-state index contributed by atoms with van der Waals surface area (Å²) in [6, 6.07) is 12.2. The van der Waals surface area contributed by atoms with Gasteiger partial charge in [0.2, 0.25) is 0 Å². The van der Waals surface area contributed by atoms with Crippen LogP contribution in [0.5, 0.6) is 11.5 Å². The number of para-hydroxylation sites is 1. The maximum atomic E-state index is 11.1. The predicted molar refractivity (Wildman–Crippen MR) is 84.6 cm³/mol. The molecule has 2 aromatic carbocycles. The largest absolute Gasteiger partial charge is 1.00 e. The van der Waals surface area contributed by atoms with Crippen molar-refractivity contribution in [3.63, 3.8) is 0 Å². The van der Waals surface area contributed by atoms with Gasteiger partial charge in [0.25, 0.3) is 0 Å². The fourth-order valence-corrected chi connectivity index (χ4v) is 1.57. The summed E-state index contributed by atoms with van der Waals surface area (Å²) in [7, 11) is 1.27. The van der Waals surface area contributed by atoms with E-state index >= 15 is 0 Å². The summed E-state index contributed by atoms with van der Waals surface area (Å²) >= 11 is 0. The molecule has 0 fully saturated rings. The van der Waals surface area contributed by atoms with E-state index in [2.05, 4.69) is 4.74 Å². The number of phenols is 2. The van der Waals surface area contributed by atoms with Gasteiger partial charge in [-0.05, 0) is 43.3 Å². The van der Waals surface area contributed by atoms with Gasteiger partial charge < -0.3 is 21.1 Å². The van der Waals surface area contributed by atoms with Gasteiger partial charge in [0.1, 0.15) is 17.1 Å². The Labute approximate surface area is 163 Å². The summed E-state index contributed by atoms with van der Waals surface area (Å²) in [5.74, 6) is -0.803. The van der Waals surface area contributed by atoms with Crippen molar-refractivity contribution in [3.8, 4) is 11.5 Å². The molecule has 0 amide bonds. The summed E-state index contributed by atoms with van der Waals surface area (Å²) in [6.07, 6.45) is 0. The number of benzene rings is 2. The van der Waals surface area contributed by atoms with Gasteiger partial charge in [-0.1, -0.05) is 12.1 Å². The maximum Gasteiger partial charge on any atom is 1.00 e. The van der Waals surface area contributed by atoms with Crippen LogP contribution in [0.3, 0.4) is 0 Å². The summed E-state index contributed by atoms with van der Waals surface area (Å²) in [5.41, 5.74) is 0.643. The molecule has 24 heavy (non-hydrogen) atoms. The Kier molecular flexibility index (Phi) is 10.5. The molecule has 0 atom stereocenters. The molecule has 0 spiro atoms. The van der Waals surface area contributed by atoms with Gasteiger partial charge >= 0.3 is 41.5 Å². The fraction of sp³-hybridized carbons (Fsp3) is 0.176. The first kappa shape index (κ1) is 22.0. The number of hydrogen-bond donors (Lipinski definition) is 2. The maximum absolute atomic E-state index is 11.1. The SMILES string of the molecule is CCOC(=O)c1ccc(O)cc1.COC(=O)c1ccccc1O.[H-].[Na+]. The molecule has 0 aliphatic rings. The normalized spacial score (nSPS) is 8.92. The number of phenolic OH excluding ortho intramolecular Hbond substituents is 2. The van der Waals surface area contributed by atoms with Crippen LogP contribution in [0.1, 0.15) is 29.1 Å². The monoisotopic (exact) mass is 342 g/mol. The number of carbonyl (C=O) groups is 2. The van der Waals surface area contributed by atoms with E-state index < -0.39 is 5.97 Å². The Morgan fingerprint density at radius 3 is 2.08 bits per heavy atom. The topological polar surface area (TPSA) is 93.1 Å². The smallest absolute Gasteiger partial charge is 1.00 e. The molecule has 0 bridgehead atoms. The molecule has 0 unspecified atom stereocenters. The van der Waals surface area contributed by atoms with E-state index in [1.165, 1.54) is 43.5 Å². The second kappa shape index (κ2) is 11.5. The molecule has 2 N–H and O–H groups in total. The molecule has 0 saturated carbocycles. The molecule has 2 aromatic rings. The summed E-state index contributed by atoms with van der Waals surface area (Å²) < 4.78 is 9.17. The number of rotatable bonds is 3. The van der Waals surface area contributed by atoms with Crippen molar-refractivity contribution in [2.75, 3.05) is 13.7 Å². The molecule has 0 radical (unpaired) electrons. The predicted octanol–water partition coefficient (Wildman–Crippen LogP) is -0.136. The summed E-state index contributed by atoms with van der Waals surface area (Å²) in [6.45, 7) is 2.11. The Morgan fingerprint density at radius 2 is 1.58 bits per heavy atom. The van der Waals surface area contributed by atoms with Gasteiger partial charge in [-0.2, -0.15) is 0 Å². The third-order valence-corrected chi connectivity index (χ3v) is 2.69. The average molecular weight is 342 g/mol. The number of aromatic hydroxyl groups is 2. The van der Waals surface area contributed by atoms with Crippen molar-refractivity contribution in [1.82, 2.24) is 0 Å². The quantitative estimate of drug-likeness (QED) is 0.596. The van der Waals surface area contributed by atoms with Crippen molar-refractivity contribution in [2.24, 2.45) is 0 Å². The zero-order valence-corrected chi connectivity index (χ0v) is 15.9. The van der Waals surface area contributed by atoms with Gasteiger partial charge in [0.05, 0.1) is 19.3 Å². The number of carbonyl (C=O) groups excluding carboxylic acids is 2. The minimum absolute atomic E-state index is 0. The molecule has 6 nitrogen and oxygen atoms in total. The van der Waals surface area contributed by atoms with Crippen LogP contribution in [0, 0.1) is 0 Å². The van der Waals surface area contributed by atoms with Gasteiger partial charge in [0.15, 0.2) is 0 Å². The van der Waals surface area contributed by atoms with Crippen molar-refractivity contribution < 1.29 is 60.3 Å². The van der Waals surface area contributed by atoms with Gasteiger partial charge in [-0.3, -0.25) is 0 Å². The van der Waals surface area contributed by atoms with Crippen molar-refractivity contribution in [3.05, 3.63) is 59.7 Å². The molecule has 7 heteroatoms. The zero-order valence-electron chi connectivity index (χ0n) is 14.9. The van der Waals surface area contributed by atoms with Gasteiger partial charge in [-0.15, -0.1) is 0 Å². The summed E-state index contributed by atoms with van der Waals surface area (Å²) in [5, 5.41) is 18.0. The Hall–Kier alpha value is -2.02. The standard InChI is InChI=1S/C9H10O3.C8H8O3.Na.H/c1-2-12-9(11)7-3-5-8(10)6-4-7;1-11-8(10)6-4-2-3-5-7(6)9;;/h3-6,10H,2H2,1H3;2-5,9H,1H3;;/q;;+1;-1. The molecule has 0 aromatic heterocycles. The first-order chi connectivity index (χ1) is 11.0. The number of esters is 2. The Balaban J connectivity index is 0. The third-order valence-electron chi connectivity index (χ3n) is 2.69. The van der Waals surface area contributed by atoms with Crippen molar-refractivity contribution in [1.29, 1.82) is 0 Å². The molecular formula is C17H19NaO6. The van der Waals surface area contributed by atoms with Crippen molar-refractivity contribution in [2.45, 2.75) is 6.92 Å².